The molecule has 21 heavy (non-hydrogen) atoms. The first kappa shape index (κ1) is 15.5. The highest BCUT2D eigenvalue weighted by Gasteiger charge is 2.22. The van der Waals surface area contributed by atoms with Gasteiger partial charge in [-0.3, -0.25) is 4.72 Å². The van der Waals surface area contributed by atoms with E-state index >= 15 is 0 Å². The average Bonchev–Trinajstić information content (AvgIpc) is 2.82. The summed E-state index contributed by atoms with van der Waals surface area (Å²) < 4.78 is 27.1. The molecule has 3 N–H and O–H groups in total. The molecule has 0 saturated carbocycles. The molecular formula is C13H13NO5S2. The molecule has 0 spiro atoms. The lowest BCUT2D eigenvalue weighted by Gasteiger charge is -2.10. The normalized spacial score (nSPS) is 11.3. The van der Waals surface area contributed by atoms with Crippen molar-refractivity contribution in [3.05, 3.63) is 45.6 Å². The van der Waals surface area contributed by atoms with Crippen LogP contribution in [0.1, 0.15) is 20.1 Å². The Morgan fingerprint density at radius 3 is 2.57 bits per heavy atom. The summed E-state index contributed by atoms with van der Waals surface area (Å²) in [4.78, 5) is 11.2. The van der Waals surface area contributed by atoms with Gasteiger partial charge in [-0.2, -0.15) is 0 Å². The van der Waals surface area contributed by atoms with Gasteiger partial charge in [0.1, 0.15) is 9.77 Å². The van der Waals surface area contributed by atoms with Gasteiger partial charge in [0.05, 0.1) is 12.3 Å². The average molecular weight is 327 g/mol. The van der Waals surface area contributed by atoms with Crippen LogP contribution in [0.3, 0.4) is 0 Å². The maximum Gasteiger partial charge on any atom is 0.345 e. The van der Waals surface area contributed by atoms with E-state index in [-0.39, 0.29) is 22.1 Å². The van der Waals surface area contributed by atoms with Gasteiger partial charge in [-0.15, -0.1) is 11.3 Å². The zero-order valence-corrected chi connectivity index (χ0v) is 12.7. The monoisotopic (exact) mass is 327 g/mol. The molecule has 0 aliphatic heterocycles. The van der Waals surface area contributed by atoms with Crippen LogP contribution in [-0.4, -0.2) is 24.6 Å². The third kappa shape index (κ3) is 3.23. The van der Waals surface area contributed by atoms with Crippen LogP contribution in [0.5, 0.6) is 0 Å². The summed E-state index contributed by atoms with van der Waals surface area (Å²) in [6, 6.07) is 7.58. The smallest absolute Gasteiger partial charge is 0.345 e. The zero-order chi connectivity index (χ0) is 15.6. The number of carboxylic acid groups (broad SMARTS) is 1. The van der Waals surface area contributed by atoms with Crippen LogP contribution in [0.25, 0.3) is 0 Å². The van der Waals surface area contributed by atoms with Crippen molar-refractivity contribution in [2.45, 2.75) is 18.4 Å². The number of rotatable bonds is 5. The van der Waals surface area contributed by atoms with Gasteiger partial charge in [0.2, 0.25) is 0 Å². The maximum absolute atomic E-state index is 12.3. The molecule has 6 nitrogen and oxygen atoms in total. The van der Waals surface area contributed by atoms with Crippen LogP contribution >= 0.6 is 11.3 Å². The summed E-state index contributed by atoms with van der Waals surface area (Å²) in [7, 11) is -3.90. The van der Waals surface area contributed by atoms with Crippen LogP contribution in [0.15, 0.2) is 35.2 Å². The second-order valence-electron chi connectivity index (χ2n) is 4.26. The quantitative estimate of drug-likeness (QED) is 0.780. The Bertz CT molecular complexity index is 780. The lowest BCUT2D eigenvalue weighted by atomic mass is 10.2. The Balaban J connectivity index is 2.41. The highest BCUT2D eigenvalue weighted by Crippen LogP contribution is 2.28. The molecule has 0 aliphatic rings. The third-order valence-electron chi connectivity index (χ3n) is 2.80. The fourth-order valence-corrected chi connectivity index (χ4v) is 4.33. The van der Waals surface area contributed by atoms with E-state index in [0.29, 0.717) is 10.4 Å². The molecular weight excluding hydrogens is 314 g/mol. The number of sulfonamides is 1. The van der Waals surface area contributed by atoms with Crippen molar-refractivity contribution in [1.29, 1.82) is 0 Å². The first-order valence-electron chi connectivity index (χ1n) is 5.90. The highest BCUT2D eigenvalue weighted by atomic mass is 32.2. The van der Waals surface area contributed by atoms with Gasteiger partial charge in [-0.25, -0.2) is 13.2 Å². The number of para-hydroxylation sites is 1. The zero-order valence-electron chi connectivity index (χ0n) is 11.0. The molecule has 0 aliphatic carbocycles. The van der Waals surface area contributed by atoms with Crippen LogP contribution in [0, 0.1) is 6.92 Å². The minimum atomic E-state index is -3.90. The Hall–Kier alpha value is -1.90. The summed E-state index contributed by atoms with van der Waals surface area (Å²) in [5.74, 6) is -1.17. The Labute approximate surface area is 125 Å². The van der Waals surface area contributed by atoms with Crippen LogP contribution in [-0.2, 0) is 16.6 Å². The van der Waals surface area contributed by atoms with E-state index in [2.05, 4.69) is 4.72 Å². The number of carbonyl (C=O) groups is 1. The number of thiophene rings is 1. The number of aliphatic hydroxyl groups is 1. The Kier molecular flexibility index (Phi) is 4.31. The molecule has 1 aromatic carbocycles. The van der Waals surface area contributed by atoms with Gasteiger partial charge in [0.25, 0.3) is 10.0 Å². The first-order valence-corrected chi connectivity index (χ1v) is 8.20. The molecule has 1 aromatic heterocycles. The van der Waals surface area contributed by atoms with E-state index in [1.165, 1.54) is 6.07 Å². The van der Waals surface area contributed by atoms with Gasteiger partial charge < -0.3 is 10.2 Å². The lowest BCUT2D eigenvalue weighted by Crippen LogP contribution is -2.14. The summed E-state index contributed by atoms with van der Waals surface area (Å²) in [5.41, 5.74) is 0.704. The summed E-state index contributed by atoms with van der Waals surface area (Å²) in [6.07, 6.45) is 0. The summed E-state index contributed by atoms with van der Waals surface area (Å²) in [6.45, 7) is 1.24. The molecule has 8 heteroatoms. The van der Waals surface area contributed by atoms with Crippen molar-refractivity contribution >= 4 is 33.0 Å². The van der Waals surface area contributed by atoms with Crippen molar-refractivity contribution in [2.24, 2.45) is 0 Å². The van der Waals surface area contributed by atoms with E-state index in [1.807, 2.05) is 0 Å². The van der Waals surface area contributed by atoms with Crippen molar-refractivity contribution < 1.29 is 23.4 Å². The van der Waals surface area contributed by atoms with E-state index < -0.39 is 16.0 Å². The molecule has 0 radical (unpaired) electrons. The molecule has 112 valence electrons. The number of nitrogens with one attached hydrogen (secondary N) is 1. The number of aliphatic hydroxyl groups excluding tert-OH is 1. The highest BCUT2D eigenvalue weighted by molar-refractivity contribution is 7.93. The van der Waals surface area contributed by atoms with Gasteiger partial charge >= 0.3 is 5.97 Å². The Morgan fingerprint density at radius 2 is 2.00 bits per heavy atom. The number of carboxylic acids is 1. The first-order chi connectivity index (χ1) is 9.85. The number of benzene rings is 1. The topological polar surface area (TPSA) is 104 Å². The van der Waals surface area contributed by atoms with E-state index in [0.717, 1.165) is 17.4 Å². The predicted molar refractivity (Wildman–Crippen MR) is 79.2 cm³/mol. The molecule has 1 heterocycles. The number of aryl methyl sites for hydroxylation is 1. The van der Waals surface area contributed by atoms with Crippen molar-refractivity contribution in [2.75, 3.05) is 4.72 Å². The van der Waals surface area contributed by atoms with Gasteiger partial charge in [-0.1, -0.05) is 18.2 Å². The predicted octanol–water partition coefficient (Wildman–Crippen LogP) is 2.05. The standard InChI is InChI=1S/C13H13NO5S2/c1-8-12(6-11(20-8)13(16)17)21(18,19)14-10-5-3-2-4-9(10)7-15/h2-6,14-15H,7H2,1H3,(H,16,17). The number of aromatic carboxylic acids is 1. The fourth-order valence-electron chi connectivity index (χ4n) is 1.80. The third-order valence-corrected chi connectivity index (χ3v) is 5.46. The minimum Gasteiger partial charge on any atom is -0.477 e. The van der Waals surface area contributed by atoms with Gasteiger partial charge in [0, 0.05) is 10.4 Å². The summed E-state index contributed by atoms with van der Waals surface area (Å²) in [5, 5.41) is 18.1. The lowest BCUT2D eigenvalue weighted by molar-refractivity contribution is 0.0702. The van der Waals surface area contributed by atoms with Crippen molar-refractivity contribution in [1.82, 2.24) is 0 Å². The minimum absolute atomic E-state index is 0.0386. The number of anilines is 1. The molecule has 0 bridgehead atoms. The van der Waals surface area contributed by atoms with Crippen LogP contribution in [0.2, 0.25) is 0 Å². The Morgan fingerprint density at radius 1 is 1.33 bits per heavy atom. The second kappa shape index (κ2) is 5.84. The van der Waals surface area contributed by atoms with Gasteiger partial charge in [-0.05, 0) is 19.1 Å². The molecule has 0 atom stereocenters. The molecule has 0 saturated heterocycles. The molecule has 0 unspecified atom stereocenters. The van der Waals surface area contributed by atoms with E-state index in [9.17, 15) is 18.3 Å². The molecule has 0 fully saturated rings. The molecule has 0 amide bonds. The van der Waals surface area contributed by atoms with E-state index in [1.54, 1.807) is 25.1 Å². The second-order valence-corrected chi connectivity index (χ2v) is 7.16. The number of hydrogen-bond acceptors (Lipinski definition) is 5. The van der Waals surface area contributed by atoms with Crippen LogP contribution in [0.4, 0.5) is 5.69 Å². The SMILES string of the molecule is Cc1sc(C(=O)O)cc1S(=O)(=O)Nc1ccccc1CO. The fraction of sp³-hybridized carbons (Fsp3) is 0.154. The van der Waals surface area contributed by atoms with E-state index in [4.69, 9.17) is 5.11 Å². The van der Waals surface area contributed by atoms with Crippen LogP contribution < -0.4 is 4.72 Å². The van der Waals surface area contributed by atoms with Crippen molar-refractivity contribution in [3.63, 3.8) is 0 Å². The van der Waals surface area contributed by atoms with Gasteiger partial charge in [0.15, 0.2) is 0 Å². The molecule has 2 rings (SSSR count). The summed E-state index contributed by atoms with van der Waals surface area (Å²) >= 11 is 0.902. The maximum atomic E-state index is 12.3. The largest absolute Gasteiger partial charge is 0.477 e. The molecule has 2 aromatic rings. The number of hydrogen-bond donors (Lipinski definition) is 3. The van der Waals surface area contributed by atoms with Crippen molar-refractivity contribution in [3.8, 4) is 0 Å².